The van der Waals surface area contributed by atoms with Gasteiger partial charge in [-0.15, -0.1) is 12.4 Å². The Morgan fingerprint density at radius 1 is 1.13 bits per heavy atom. The first-order chi connectivity index (χ1) is 13.9. The summed E-state index contributed by atoms with van der Waals surface area (Å²) in [6.07, 6.45) is 0.155. The summed E-state index contributed by atoms with van der Waals surface area (Å²) in [5, 5.41) is 23.1. The van der Waals surface area contributed by atoms with Gasteiger partial charge in [0.25, 0.3) is 0 Å². The standard InChI is InChI=1S/C22H27N5OS.ClH/c1-5-26(6-2)18-9-7-15(3)13-17(18)24-25-22-27(12-11-21(23)28)19-10-8-16(4)14-20(19)29-22;/h7-10,13-14H,5-6,11-12H2,1-4H3,(H-,23,28);1H. The average Bonchev–Trinajstić information content (AvgIpc) is 3.03. The van der Waals surface area contributed by atoms with Crippen molar-refractivity contribution in [3.8, 4) is 0 Å². The minimum Gasteiger partial charge on any atom is -0.862 e. The molecule has 6 nitrogen and oxygen atoms in total. The molecule has 0 aliphatic rings. The van der Waals surface area contributed by atoms with E-state index in [2.05, 4.69) is 53.8 Å². The third kappa shape index (κ3) is 5.30. The van der Waals surface area contributed by atoms with Crippen LogP contribution in [-0.4, -0.2) is 28.3 Å². The molecule has 0 unspecified atom stereocenters. The minimum absolute atomic E-state index is 0. The monoisotopic (exact) mass is 445 g/mol. The Kier molecular flexibility index (Phi) is 8.24. The maximum atomic E-state index is 11.2. The molecule has 0 radical (unpaired) electrons. The molecule has 30 heavy (non-hydrogen) atoms. The van der Waals surface area contributed by atoms with Gasteiger partial charge in [0.1, 0.15) is 11.2 Å². The summed E-state index contributed by atoms with van der Waals surface area (Å²) in [6.45, 7) is 10.6. The highest BCUT2D eigenvalue weighted by Crippen LogP contribution is 2.29. The molecule has 3 aromatic rings. The molecule has 0 amide bonds. The van der Waals surface area contributed by atoms with E-state index >= 15 is 0 Å². The number of rotatable bonds is 7. The molecule has 3 rings (SSSR count). The zero-order chi connectivity index (χ0) is 21.0. The molecule has 0 bridgehead atoms. The number of fused-ring (bicyclic) bond motifs is 1. The van der Waals surface area contributed by atoms with Crippen molar-refractivity contribution >= 4 is 51.2 Å². The number of hydrogen-bond acceptors (Lipinski definition) is 5. The lowest BCUT2D eigenvalue weighted by Gasteiger charge is -2.21. The number of nitrogens with zero attached hydrogens (tertiary/aromatic N) is 4. The highest BCUT2D eigenvalue weighted by atomic mass is 35.5. The van der Waals surface area contributed by atoms with Crippen LogP contribution in [0.3, 0.4) is 0 Å². The van der Waals surface area contributed by atoms with E-state index in [1.165, 1.54) is 5.56 Å². The topological polar surface area (TPSA) is 81.5 Å². The summed E-state index contributed by atoms with van der Waals surface area (Å²) in [4.78, 5) is 7.58. The summed E-state index contributed by atoms with van der Waals surface area (Å²) in [6, 6.07) is 12.4. The van der Waals surface area contributed by atoms with Gasteiger partial charge in [0.05, 0.1) is 16.9 Å². The molecular weight excluding hydrogens is 418 g/mol. The minimum atomic E-state index is -0.575. The summed E-state index contributed by atoms with van der Waals surface area (Å²) in [5.41, 5.74) is 5.23. The van der Waals surface area contributed by atoms with Crippen molar-refractivity contribution in [2.24, 2.45) is 5.11 Å². The van der Waals surface area contributed by atoms with Crippen molar-refractivity contribution in [3.05, 3.63) is 52.3 Å². The molecule has 0 saturated heterocycles. The van der Waals surface area contributed by atoms with Crippen LogP contribution in [0.5, 0.6) is 0 Å². The van der Waals surface area contributed by atoms with E-state index in [9.17, 15) is 5.11 Å². The predicted octanol–water partition coefficient (Wildman–Crippen LogP) is 4.21. The van der Waals surface area contributed by atoms with Crippen molar-refractivity contribution in [1.29, 1.82) is 5.41 Å². The molecule has 1 N–H and O–H groups in total. The Morgan fingerprint density at radius 3 is 2.47 bits per heavy atom. The SMILES string of the molecule is CCN(CC)c1ccc(C)cc1N=[N+]=c1sc2cc(C)ccc2n1CCC(=N)[O-].Cl. The van der Waals surface area contributed by atoms with Crippen LogP contribution in [0.2, 0.25) is 0 Å². The maximum Gasteiger partial charge on any atom is 0.465 e. The molecule has 0 atom stereocenters. The maximum absolute atomic E-state index is 11.2. The van der Waals surface area contributed by atoms with Gasteiger partial charge in [-0.05, 0) is 80.3 Å². The first kappa shape index (κ1) is 23.7. The highest BCUT2D eigenvalue weighted by Gasteiger charge is 2.15. The Hall–Kier alpha value is -2.60. The lowest BCUT2D eigenvalue weighted by molar-refractivity contribution is -0.220. The normalized spacial score (nSPS) is 10.4. The second kappa shape index (κ2) is 10.4. The Morgan fingerprint density at radius 2 is 1.80 bits per heavy atom. The van der Waals surface area contributed by atoms with Crippen LogP contribution in [-0.2, 0) is 6.54 Å². The van der Waals surface area contributed by atoms with Crippen LogP contribution in [0.15, 0.2) is 41.5 Å². The van der Waals surface area contributed by atoms with Gasteiger partial charge in [-0.2, -0.15) is 0 Å². The van der Waals surface area contributed by atoms with Crippen molar-refractivity contribution in [2.75, 3.05) is 18.0 Å². The Labute approximate surface area is 187 Å². The number of aryl methyl sites for hydroxylation is 3. The summed E-state index contributed by atoms with van der Waals surface area (Å²) in [5.74, 6) is -0.575. The highest BCUT2D eigenvalue weighted by molar-refractivity contribution is 7.16. The fourth-order valence-electron chi connectivity index (χ4n) is 3.33. The van der Waals surface area contributed by atoms with E-state index in [0.29, 0.717) is 6.54 Å². The molecule has 0 aliphatic carbocycles. The molecule has 0 fully saturated rings. The number of thiazole rings is 1. The molecule has 160 valence electrons. The van der Waals surface area contributed by atoms with Crippen LogP contribution in [0.4, 0.5) is 11.4 Å². The summed E-state index contributed by atoms with van der Waals surface area (Å²) in [7, 11) is 0. The number of nitrogens with one attached hydrogen (secondary N) is 1. The fourth-order valence-corrected chi connectivity index (χ4v) is 4.43. The van der Waals surface area contributed by atoms with Gasteiger partial charge in [0.15, 0.2) is 0 Å². The fraction of sp³-hybridized carbons (Fsp3) is 0.364. The third-order valence-corrected chi connectivity index (χ3v) is 5.91. The van der Waals surface area contributed by atoms with Gasteiger partial charge in [0.2, 0.25) is 0 Å². The van der Waals surface area contributed by atoms with Crippen molar-refractivity contribution in [1.82, 2.24) is 4.57 Å². The van der Waals surface area contributed by atoms with Crippen molar-refractivity contribution in [2.45, 2.75) is 40.7 Å². The van der Waals surface area contributed by atoms with Gasteiger partial charge < -0.3 is 15.4 Å². The van der Waals surface area contributed by atoms with Gasteiger partial charge in [-0.25, -0.2) is 4.57 Å². The number of benzene rings is 2. The molecule has 2 aromatic carbocycles. The van der Waals surface area contributed by atoms with E-state index < -0.39 is 5.90 Å². The predicted molar refractivity (Wildman–Crippen MR) is 124 cm³/mol. The molecule has 0 saturated carbocycles. The Balaban J connectivity index is 0.00000320. The second-order valence-corrected chi connectivity index (χ2v) is 8.05. The van der Waals surface area contributed by atoms with Crippen LogP contribution in [0, 0.1) is 19.3 Å². The van der Waals surface area contributed by atoms with E-state index in [0.717, 1.165) is 45.0 Å². The smallest absolute Gasteiger partial charge is 0.465 e. The first-order valence-corrected chi connectivity index (χ1v) is 10.7. The van der Waals surface area contributed by atoms with E-state index in [1.54, 1.807) is 11.3 Å². The first-order valence-electron chi connectivity index (χ1n) is 9.87. The number of anilines is 1. The number of hydrogen-bond donors (Lipinski definition) is 1. The third-order valence-electron chi connectivity index (χ3n) is 4.88. The molecule has 8 heteroatoms. The molecule has 1 heterocycles. The summed E-state index contributed by atoms with van der Waals surface area (Å²) >= 11 is 1.56. The Bertz CT molecular complexity index is 1140. The van der Waals surface area contributed by atoms with Crippen LogP contribution in [0.25, 0.3) is 10.2 Å². The lowest BCUT2D eigenvalue weighted by atomic mass is 10.2. The average molecular weight is 446 g/mol. The summed E-state index contributed by atoms with van der Waals surface area (Å²) < 4.78 is 3.09. The van der Waals surface area contributed by atoms with E-state index in [1.807, 2.05) is 29.7 Å². The lowest BCUT2D eigenvalue weighted by Crippen LogP contribution is -2.23. The van der Waals surface area contributed by atoms with Crippen LogP contribution < -0.4 is 14.8 Å². The van der Waals surface area contributed by atoms with Gasteiger partial charge in [-0.1, -0.05) is 16.9 Å². The molecule has 0 spiro atoms. The second-order valence-electron chi connectivity index (χ2n) is 7.05. The molecule has 1 aromatic heterocycles. The van der Waals surface area contributed by atoms with Gasteiger partial charge in [0, 0.05) is 24.6 Å². The van der Waals surface area contributed by atoms with Crippen LogP contribution in [0.1, 0.15) is 31.4 Å². The van der Waals surface area contributed by atoms with E-state index in [-0.39, 0.29) is 18.8 Å². The van der Waals surface area contributed by atoms with Crippen molar-refractivity contribution in [3.63, 3.8) is 0 Å². The van der Waals surface area contributed by atoms with Gasteiger partial charge in [-0.3, -0.25) is 0 Å². The number of halogens is 1. The largest absolute Gasteiger partial charge is 0.862 e. The molecule has 0 aliphatic heterocycles. The van der Waals surface area contributed by atoms with E-state index in [4.69, 9.17) is 5.41 Å². The number of aromatic nitrogens is 1. The van der Waals surface area contributed by atoms with Crippen molar-refractivity contribution < 1.29 is 9.90 Å². The van der Waals surface area contributed by atoms with Gasteiger partial charge >= 0.3 is 4.80 Å². The quantitative estimate of drug-likeness (QED) is 0.256. The zero-order valence-electron chi connectivity index (χ0n) is 17.8. The molecular formula is C22H28ClN5OS. The van der Waals surface area contributed by atoms with Crippen LogP contribution >= 0.6 is 23.7 Å². The zero-order valence-corrected chi connectivity index (χ0v) is 19.4.